The zero-order valence-corrected chi connectivity index (χ0v) is 20.6. The van der Waals surface area contributed by atoms with E-state index in [2.05, 4.69) is 20.5 Å². The van der Waals surface area contributed by atoms with Crippen LogP contribution in [0.4, 0.5) is 5.69 Å². The van der Waals surface area contributed by atoms with Crippen LogP contribution in [0.1, 0.15) is 63.6 Å². The number of carbonyl (C=O) groups is 1. The molecule has 1 aromatic carbocycles. The maximum absolute atomic E-state index is 12.9. The van der Waals surface area contributed by atoms with Gasteiger partial charge in [-0.3, -0.25) is 9.89 Å². The number of amides is 1. The predicted molar refractivity (Wildman–Crippen MR) is 130 cm³/mol. The second kappa shape index (κ2) is 11.5. The molecule has 2 N–H and O–H groups in total. The minimum atomic E-state index is -3.49. The number of nitrogens with zero attached hydrogens (tertiary/aromatic N) is 3. The van der Waals surface area contributed by atoms with E-state index in [1.165, 1.54) is 37.4 Å². The van der Waals surface area contributed by atoms with Crippen molar-refractivity contribution in [2.24, 2.45) is 5.92 Å². The molecule has 2 aliphatic rings. The van der Waals surface area contributed by atoms with Crippen LogP contribution in [0.2, 0.25) is 0 Å². The van der Waals surface area contributed by atoms with Crippen LogP contribution in [0.15, 0.2) is 34.3 Å². The molecule has 0 radical (unpaired) electrons. The molecular weight excluding hydrogens is 458 g/mol. The normalized spacial score (nSPS) is 18.3. The summed E-state index contributed by atoms with van der Waals surface area (Å²) in [5.74, 6) is 1.70. The number of sulfonamides is 1. The van der Waals surface area contributed by atoms with Gasteiger partial charge >= 0.3 is 0 Å². The molecule has 0 bridgehead atoms. The van der Waals surface area contributed by atoms with E-state index in [1.807, 2.05) is 0 Å². The fraction of sp³-hybridized carbons (Fsp3) is 0.609. The first-order valence-electron chi connectivity index (χ1n) is 11.9. The summed E-state index contributed by atoms with van der Waals surface area (Å²) in [6.07, 6.45) is 11.3. The summed E-state index contributed by atoms with van der Waals surface area (Å²) in [4.78, 5) is 17.1. The Kier molecular flexibility index (Phi) is 8.43. The highest BCUT2D eigenvalue weighted by molar-refractivity contribution is 7.99. The fourth-order valence-electron chi connectivity index (χ4n) is 4.56. The highest BCUT2D eigenvalue weighted by atomic mass is 32.2. The molecule has 33 heavy (non-hydrogen) atoms. The van der Waals surface area contributed by atoms with E-state index in [0.717, 1.165) is 50.3 Å². The van der Waals surface area contributed by atoms with E-state index in [1.54, 1.807) is 28.6 Å². The third-order valence-electron chi connectivity index (χ3n) is 6.45. The van der Waals surface area contributed by atoms with Crippen LogP contribution in [-0.4, -0.2) is 52.7 Å². The maximum Gasteiger partial charge on any atom is 0.243 e. The number of aromatic nitrogens is 3. The highest BCUT2D eigenvalue weighted by Gasteiger charge is 2.25. The van der Waals surface area contributed by atoms with Gasteiger partial charge in [0.15, 0.2) is 0 Å². The highest BCUT2D eigenvalue weighted by Crippen LogP contribution is 2.28. The number of hydrogen-bond acceptors (Lipinski definition) is 6. The molecule has 4 rings (SSSR count). The van der Waals surface area contributed by atoms with Gasteiger partial charge in [-0.1, -0.05) is 50.3 Å². The zero-order chi connectivity index (χ0) is 23.1. The van der Waals surface area contributed by atoms with Crippen molar-refractivity contribution in [2.75, 3.05) is 24.2 Å². The molecule has 0 unspecified atom stereocenters. The summed E-state index contributed by atoms with van der Waals surface area (Å²) in [5, 5.41) is 10.6. The third kappa shape index (κ3) is 6.80. The van der Waals surface area contributed by atoms with Gasteiger partial charge in [-0.05, 0) is 49.4 Å². The Labute approximate surface area is 200 Å². The summed E-state index contributed by atoms with van der Waals surface area (Å²) in [6, 6.07) is 6.41. The standard InChI is InChI=1S/C23H33N5O3S2/c29-22(17-32-23-25-21(26-27-23)14-9-18-7-3-4-8-18)24-19-10-12-20(13-11-19)33(30,31)28-15-5-1-2-6-16-28/h10-13,18H,1-9,14-17H2,(H,24,29)(H,25,26,27). The van der Waals surface area contributed by atoms with Crippen LogP contribution in [0.5, 0.6) is 0 Å². The van der Waals surface area contributed by atoms with Crippen molar-refractivity contribution in [3.05, 3.63) is 30.1 Å². The number of hydrogen-bond donors (Lipinski definition) is 2. The van der Waals surface area contributed by atoms with Gasteiger partial charge < -0.3 is 5.32 Å². The minimum Gasteiger partial charge on any atom is -0.325 e. The van der Waals surface area contributed by atoms with Gasteiger partial charge in [-0.25, -0.2) is 13.4 Å². The van der Waals surface area contributed by atoms with Gasteiger partial charge in [0, 0.05) is 25.2 Å². The monoisotopic (exact) mass is 491 g/mol. The maximum atomic E-state index is 12.9. The molecule has 180 valence electrons. The van der Waals surface area contributed by atoms with E-state index in [0.29, 0.717) is 23.9 Å². The molecule has 1 saturated heterocycles. The average Bonchev–Trinajstić information content (AvgIpc) is 3.42. The summed E-state index contributed by atoms with van der Waals surface area (Å²) in [5.41, 5.74) is 0.572. The van der Waals surface area contributed by atoms with Crippen molar-refractivity contribution >= 4 is 33.4 Å². The lowest BCUT2D eigenvalue weighted by Crippen LogP contribution is -2.31. The molecule has 1 aliphatic carbocycles. The van der Waals surface area contributed by atoms with Crippen LogP contribution >= 0.6 is 11.8 Å². The number of nitrogens with one attached hydrogen (secondary N) is 2. The average molecular weight is 492 g/mol. The van der Waals surface area contributed by atoms with E-state index in [4.69, 9.17) is 0 Å². The number of aryl methyl sites for hydroxylation is 1. The molecule has 2 heterocycles. The number of H-pyrrole nitrogens is 1. The lowest BCUT2D eigenvalue weighted by Gasteiger charge is -2.20. The SMILES string of the molecule is O=C(CSc1n[nH]c(CCC2CCCC2)n1)Nc1ccc(S(=O)(=O)N2CCCCCC2)cc1. The Morgan fingerprint density at radius 3 is 2.45 bits per heavy atom. The summed E-state index contributed by atoms with van der Waals surface area (Å²) < 4.78 is 27.3. The van der Waals surface area contributed by atoms with Gasteiger partial charge in [0.05, 0.1) is 10.6 Å². The second-order valence-electron chi connectivity index (χ2n) is 8.93. The Bertz CT molecular complexity index is 1010. The lowest BCUT2D eigenvalue weighted by atomic mass is 10.0. The van der Waals surface area contributed by atoms with Crippen molar-refractivity contribution in [3.63, 3.8) is 0 Å². The Morgan fingerprint density at radius 1 is 1.06 bits per heavy atom. The van der Waals surface area contributed by atoms with Crippen LogP contribution in [0.25, 0.3) is 0 Å². The molecule has 10 heteroatoms. The van der Waals surface area contributed by atoms with Crippen LogP contribution in [0, 0.1) is 5.92 Å². The molecule has 0 spiro atoms. The van der Waals surface area contributed by atoms with E-state index in [-0.39, 0.29) is 16.6 Å². The quantitative estimate of drug-likeness (QED) is 0.509. The molecular formula is C23H33N5O3S2. The number of rotatable bonds is 9. The Hall–Kier alpha value is -1.91. The van der Waals surface area contributed by atoms with Gasteiger partial charge in [-0.15, -0.1) is 5.10 Å². The molecule has 0 atom stereocenters. The number of thioether (sulfide) groups is 1. The van der Waals surface area contributed by atoms with Crippen molar-refractivity contribution in [1.29, 1.82) is 0 Å². The Balaban J connectivity index is 1.24. The predicted octanol–water partition coefficient (Wildman–Crippen LogP) is 4.22. The zero-order valence-electron chi connectivity index (χ0n) is 19.0. The largest absolute Gasteiger partial charge is 0.325 e. The fourth-order valence-corrected chi connectivity index (χ4v) is 6.70. The van der Waals surface area contributed by atoms with Crippen molar-refractivity contribution < 1.29 is 13.2 Å². The molecule has 1 aromatic heterocycles. The van der Waals surface area contributed by atoms with E-state index in [9.17, 15) is 13.2 Å². The number of carbonyl (C=O) groups excluding carboxylic acids is 1. The molecule has 1 aliphatic heterocycles. The third-order valence-corrected chi connectivity index (χ3v) is 9.21. The van der Waals surface area contributed by atoms with E-state index >= 15 is 0 Å². The van der Waals surface area contributed by atoms with Crippen LogP contribution in [0.3, 0.4) is 0 Å². The van der Waals surface area contributed by atoms with Gasteiger partial charge in [0.1, 0.15) is 5.82 Å². The summed E-state index contributed by atoms with van der Waals surface area (Å²) in [7, 11) is -3.49. The first kappa shape index (κ1) is 24.2. The Morgan fingerprint density at radius 2 is 1.76 bits per heavy atom. The number of aromatic amines is 1. The molecule has 8 nitrogen and oxygen atoms in total. The first-order chi connectivity index (χ1) is 16.0. The van der Waals surface area contributed by atoms with Gasteiger partial charge in [0.25, 0.3) is 0 Å². The summed E-state index contributed by atoms with van der Waals surface area (Å²) >= 11 is 1.29. The number of benzene rings is 1. The minimum absolute atomic E-state index is 0.180. The van der Waals surface area contributed by atoms with Crippen molar-refractivity contribution in [2.45, 2.75) is 74.3 Å². The topological polar surface area (TPSA) is 108 Å². The van der Waals surface area contributed by atoms with Crippen LogP contribution in [-0.2, 0) is 21.2 Å². The van der Waals surface area contributed by atoms with Gasteiger partial charge in [0.2, 0.25) is 21.1 Å². The smallest absolute Gasteiger partial charge is 0.243 e. The number of anilines is 1. The molecule has 1 amide bonds. The van der Waals surface area contributed by atoms with Crippen molar-refractivity contribution in [3.8, 4) is 0 Å². The second-order valence-corrected chi connectivity index (χ2v) is 11.8. The molecule has 2 aromatic rings. The first-order valence-corrected chi connectivity index (χ1v) is 14.4. The summed E-state index contributed by atoms with van der Waals surface area (Å²) in [6.45, 7) is 1.14. The lowest BCUT2D eigenvalue weighted by molar-refractivity contribution is -0.113. The molecule has 2 fully saturated rings. The van der Waals surface area contributed by atoms with Crippen molar-refractivity contribution in [1.82, 2.24) is 19.5 Å². The molecule has 1 saturated carbocycles. The van der Waals surface area contributed by atoms with Gasteiger partial charge in [-0.2, -0.15) is 4.31 Å². The van der Waals surface area contributed by atoms with Crippen LogP contribution < -0.4 is 5.32 Å². The van der Waals surface area contributed by atoms with E-state index < -0.39 is 10.0 Å².